The van der Waals surface area contributed by atoms with Gasteiger partial charge in [0.05, 0.1) is 11.3 Å². The Bertz CT molecular complexity index is 872. The molecule has 3 rings (SSSR count). The molecule has 0 aliphatic rings. The van der Waals surface area contributed by atoms with Crippen molar-refractivity contribution in [2.45, 2.75) is 0 Å². The van der Waals surface area contributed by atoms with E-state index in [-0.39, 0.29) is 0 Å². The van der Waals surface area contributed by atoms with E-state index in [1.807, 2.05) is 60.0 Å². The zero-order chi connectivity index (χ0) is 15.9. The molecule has 0 aliphatic heterocycles. The van der Waals surface area contributed by atoms with Gasteiger partial charge in [0.15, 0.2) is 0 Å². The topological polar surface area (TPSA) is 49.6 Å². The monoisotopic (exact) mass is 315 g/mol. The number of nitriles is 1. The predicted molar refractivity (Wildman–Crippen MR) is 94.4 cm³/mol. The van der Waals surface area contributed by atoms with Crippen molar-refractivity contribution in [1.82, 2.24) is 9.97 Å². The van der Waals surface area contributed by atoms with E-state index >= 15 is 0 Å². The van der Waals surface area contributed by atoms with Gasteiger partial charge in [-0.3, -0.25) is 4.98 Å². The number of hydrogen-bond donors (Lipinski definition) is 0. The zero-order valence-corrected chi connectivity index (χ0v) is 13.1. The Morgan fingerprint density at radius 3 is 2.61 bits per heavy atom. The lowest BCUT2D eigenvalue weighted by molar-refractivity contribution is 1.31. The van der Waals surface area contributed by atoms with Gasteiger partial charge in [-0.25, -0.2) is 4.98 Å². The number of thiazole rings is 1. The molecule has 110 valence electrons. The Labute approximate surface area is 138 Å². The van der Waals surface area contributed by atoms with Gasteiger partial charge < -0.3 is 0 Å². The number of pyridine rings is 1. The van der Waals surface area contributed by atoms with E-state index in [4.69, 9.17) is 0 Å². The van der Waals surface area contributed by atoms with Crippen molar-refractivity contribution in [3.8, 4) is 17.3 Å². The van der Waals surface area contributed by atoms with Crippen LogP contribution in [0.4, 0.5) is 0 Å². The molecule has 0 aliphatic carbocycles. The molecule has 0 amide bonds. The van der Waals surface area contributed by atoms with Crippen LogP contribution in [-0.4, -0.2) is 9.97 Å². The third kappa shape index (κ3) is 3.79. The summed E-state index contributed by atoms with van der Waals surface area (Å²) in [5.74, 6) is 0. The molecule has 0 unspecified atom stereocenters. The van der Waals surface area contributed by atoms with Crippen LogP contribution >= 0.6 is 11.3 Å². The first-order valence-corrected chi connectivity index (χ1v) is 7.94. The minimum absolute atomic E-state index is 0.558. The molecule has 0 spiro atoms. The molecule has 2 aromatic heterocycles. The maximum atomic E-state index is 9.36. The van der Waals surface area contributed by atoms with Gasteiger partial charge in [-0.15, -0.1) is 11.3 Å². The minimum atomic E-state index is 0.558. The summed E-state index contributed by atoms with van der Waals surface area (Å²) in [5, 5.41) is 12.0. The molecule has 0 saturated carbocycles. The number of allylic oxidation sites excluding steroid dienone is 3. The van der Waals surface area contributed by atoms with Crippen LogP contribution < -0.4 is 0 Å². The van der Waals surface area contributed by atoms with Crippen LogP contribution in [0.15, 0.2) is 72.4 Å². The van der Waals surface area contributed by atoms with Crippen LogP contribution in [0.1, 0.15) is 10.6 Å². The quantitative estimate of drug-likeness (QED) is 0.512. The Morgan fingerprint density at radius 2 is 1.87 bits per heavy atom. The van der Waals surface area contributed by atoms with Gasteiger partial charge in [-0.05, 0) is 23.8 Å². The highest BCUT2D eigenvalue weighted by Crippen LogP contribution is 2.25. The van der Waals surface area contributed by atoms with E-state index in [0.717, 1.165) is 21.8 Å². The summed E-state index contributed by atoms with van der Waals surface area (Å²) in [4.78, 5) is 8.54. The normalized spacial score (nSPS) is 11.5. The Kier molecular flexibility index (Phi) is 4.72. The Hall–Kier alpha value is -3.03. The molecule has 0 radical (unpaired) electrons. The largest absolute Gasteiger partial charge is 0.265 e. The average Bonchev–Trinajstić information content (AvgIpc) is 3.10. The maximum Gasteiger partial charge on any atom is 0.134 e. The van der Waals surface area contributed by atoms with Gasteiger partial charge in [0.2, 0.25) is 0 Å². The van der Waals surface area contributed by atoms with Crippen LogP contribution in [0.25, 0.3) is 22.9 Å². The van der Waals surface area contributed by atoms with E-state index in [9.17, 15) is 5.26 Å². The number of benzene rings is 1. The highest BCUT2D eigenvalue weighted by Gasteiger charge is 2.07. The van der Waals surface area contributed by atoms with Crippen molar-refractivity contribution in [2.24, 2.45) is 0 Å². The fourth-order valence-corrected chi connectivity index (χ4v) is 2.83. The van der Waals surface area contributed by atoms with Crippen LogP contribution in [0.5, 0.6) is 0 Å². The van der Waals surface area contributed by atoms with Gasteiger partial charge in [0.25, 0.3) is 0 Å². The predicted octanol–water partition coefficient (Wildman–Crippen LogP) is 4.83. The molecule has 0 N–H and O–H groups in total. The second-order valence-electron chi connectivity index (χ2n) is 4.74. The van der Waals surface area contributed by atoms with Crippen molar-refractivity contribution in [3.05, 3.63) is 83.0 Å². The molecule has 4 heteroatoms. The van der Waals surface area contributed by atoms with Gasteiger partial charge >= 0.3 is 0 Å². The second-order valence-corrected chi connectivity index (χ2v) is 5.59. The number of hydrogen-bond acceptors (Lipinski definition) is 4. The third-order valence-corrected chi connectivity index (χ3v) is 4.06. The summed E-state index contributed by atoms with van der Waals surface area (Å²) in [6.45, 7) is 0. The van der Waals surface area contributed by atoms with Crippen LogP contribution in [0, 0.1) is 11.3 Å². The first kappa shape index (κ1) is 14.9. The summed E-state index contributed by atoms with van der Waals surface area (Å²) >= 11 is 1.47. The van der Waals surface area contributed by atoms with E-state index in [1.165, 1.54) is 11.3 Å². The van der Waals surface area contributed by atoms with Crippen LogP contribution in [0.3, 0.4) is 0 Å². The van der Waals surface area contributed by atoms with Gasteiger partial charge in [-0.2, -0.15) is 5.26 Å². The van der Waals surface area contributed by atoms with E-state index in [2.05, 4.69) is 16.0 Å². The molecule has 0 atom stereocenters. The summed E-state index contributed by atoms with van der Waals surface area (Å²) < 4.78 is 0. The summed E-state index contributed by atoms with van der Waals surface area (Å²) in [6, 6.07) is 16.0. The molecule has 0 fully saturated rings. The summed E-state index contributed by atoms with van der Waals surface area (Å²) in [5.41, 5.74) is 3.51. The highest BCUT2D eigenvalue weighted by atomic mass is 32.1. The minimum Gasteiger partial charge on any atom is -0.265 e. The smallest absolute Gasteiger partial charge is 0.134 e. The zero-order valence-electron chi connectivity index (χ0n) is 12.3. The molecular weight excluding hydrogens is 302 g/mol. The Balaban J connectivity index is 1.82. The molecule has 3 aromatic rings. The first-order chi connectivity index (χ1) is 11.4. The third-order valence-electron chi connectivity index (χ3n) is 3.18. The lowest BCUT2D eigenvalue weighted by Gasteiger charge is -1.94. The lowest BCUT2D eigenvalue weighted by Crippen LogP contribution is -1.82. The fraction of sp³-hybridized carbons (Fsp3) is 0. The number of rotatable bonds is 4. The molecular formula is C19H13N3S. The SMILES string of the molecule is N#C/C(=C/C=C/c1ccccc1)c1nc(-c2ccncc2)cs1. The highest BCUT2D eigenvalue weighted by molar-refractivity contribution is 7.11. The standard InChI is InChI=1S/C19H13N3S/c20-13-17(8-4-7-15-5-2-1-3-6-15)19-22-18(14-23-19)16-9-11-21-12-10-16/h1-12,14H/b7-4+,17-8-. The van der Waals surface area contributed by atoms with Crippen molar-refractivity contribution >= 4 is 23.0 Å². The van der Waals surface area contributed by atoms with Crippen molar-refractivity contribution in [3.63, 3.8) is 0 Å². The summed E-state index contributed by atoms with van der Waals surface area (Å²) in [6.07, 6.45) is 9.11. The number of aromatic nitrogens is 2. The van der Waals surface area contributed by atoms with Gasteiger partial charge in [0, 0.05) is 23.3 Å². The van der Waals surface area contributed by atoms with E-state index in [0.29, 0.717) is 5.57 Å². The first-order valence-electron chi connectivity index (χ1n) is 7.06. The van der Waals surface area contributed by atoms with Crippen LogP contribution in [-0.2, 0) is 0 Å². The van der Waals surface area contributed by atoms with Crippen molar-refractivity contribution in [2.75, 3.05) is 0 Å². The van der Waals surface area contributed by atoms with Crippen molar-refractivity contribution in [1.29, 1.82) is 5.26 Å². The molecule has 0 bridgehead atoms. The molecule has 23 heavy (non-hydrogen) atoms. The van der Waals surface area contributed by atoms with Crippen LogP contribution in [0.2, 0.25) is 0 Å². The average molecular weight is 315 g/mol. The van der Waals surface area contributed by atoms with Crippen molar-refractivity contribution < 1.29 is 0 Å². The Morgan fingerprint density at radius 1 is 1.09 bits per heavy atom. The molecule has 0 saturated heterocycles. The van der Waals surface area contributed by atoms with Gasteiger partial charge in [-0.1, -0.05) is 42.5 Å². The second kappa shape index (κ2) is 7.30. The summed E-state index contributed by atoms with van der Waals surface area (Å²) in [7, 11) is 0. The van der Waals surface area contributed by atoms with E-state index in [1.54, 1.807) is 18.5 Å². The number of nitrogens with zero attached hydrogens (tertiary/aromatic N) is 3. The fourth-order valence-electron chi connectivity index (χ4n) is 2.03. The molecule has 2 heterocycles. The molecule has 1 aromatic carbocycles. The van der Waals surface area contributed by atoms with E-state index < -0.39 is 0 Å². The maximum absolute atomic E-state index is 9.36. The lowest BCUT2D eigenvalue weighted by atomic mass is 10.2. The molecule has 3 nitrogen and oxygen atoms in total. The van der Waals surface area contributed by atoms with Gasteiger partial charge in [0.1, 0.15) is 11.1 Å².